The van der Waals surface area contributed by atoms with E-state index in [0.29, 0.717) is 11.5 Å². The Morgan fingerprint density at radius 1 is 1.30 bits per heavy atom. The van der Waals surface area contributed by atoms with Crippen molar-refractivity contribution in [2.24, 2.45) is 11.6 Å². The van der Waals surface area contributed by atoms with E-state index in [9.17, 15) is 9.59 Å². The second kappa shape index (κ2) is 7.75. The Hall–Kier alpha value is -3.59. The molecular weight excluding hydrogens is 346 g/mol. The van der Waals surface area contributed by atoms with Crippen molar-refractivity contribution in [2.45, 2.75) is 19.4 Å². The van der Waals surface area contributed by atoms with Crippen LogP contribution < -0.4 is 21.9 Å². The van der Waals surface area contributed by atoms with Crippen LogP contribution in [0.1, 0.15) is 23.8 Å². The molecular formula is C18H19N7O2. The maximum absolute atomic E-state index is 11.8. The molecule has 0 aliphatic heterocycles. The number of nitrogens with zero attached hydrogens (tertiary/aromatic N) is 4. The van der Waals surface area contributed by atoms with Gasteiger partial charge in [0.15, 0.2) is 17.3 Å². The third-order valence-corrected chi connectivity index (χ3v) is 4.07. The molecule has 0 aliphatic rings. The highest BCUT2D eigenvalue weighted by atomic mass is 16.1. The highest BCUT2D eigenvalue weighted by Crippen LogP contribution is 2.26. The smallest absolute Gasteiger partial charge is 0.271 e. The quantitative estimate of drug-likeness (QED) is 0.325. The van der Waals surface area contributed by atoms with Crippen molar-refractivity contribution in [2.75, 3.05) is 10.3 Å². The van der Waals surface area contributed by atoms with Crippen molar-refractivity contribution in [3.63, 3.8) is 0 Å². The predicted octanol–water partition coefficient (Wildman–Crippen LogP) is 1.52. The molecule has 0 radical (unpaired) electrons. The average Bonchev–Trinajstić information content (AvgIpc) is 2.67. The van der Waals surface area contributed by atoms with Crippen molar-refractivity contribution in [1.82, 2.24) is 15.0 Å². The van der Waals surface area contributed by atoms with Gasteiger partial charge >= 0.3 is 0 Å². The van der Waals surface area contributed by atoms with E-state index in [2.05, 4.69) is 20.3 Å². The molecule has 1 amide bonds. The second-order valence-electron chi connectivity index (χ2n) is 5.95. The average molecular weight is 365 g/mol. The first-order chi connectivity index (χ1) is 13.0. The third kappa shape index (κ3) is 3.82. The van der Waals surface area contributed by atoms with Gasteiger partial charge in [-0.05, 0) is 31.2 Å². The number of pyridine rings is 1. The number of aromatic nitrogens is 3. The van der Waals surface area contributed by atoms with Crippen LogP contribution in [0.5, 0.6) is 0 Å². The summed E-state index contributed by atoms with van der Waals surface area (Å²) in [6.45, 7) is 1.78. The van der Waals surface area contributed by atoms with Crippen molar-refractivity contribution in [3.05, 3.63) is 48.4 Å². The Bertz CT molecular complexity index is 987. The van der Waals surface area contributed by atoms with E-state index in [1.54, 1.807) is 13.1 Å². The molecule has 27 heavy (non-hydrogen) atoms. The van der Waals surface area contributed by atoms with Gasteiger partial charge in [0.2, 0.25) is 0 Å². The highest BCUT2D eigenvalue weighted by molar-refractivity contribution is 5.99. The van der Waals surface area contributed by atoms with Crippen LogP contribution in [0.25, 0.3) is 10.9 Å². The molecule has 2 heterocycles. The first kappa shape index (κ1) is 18.2. The lowest BCUT2D eigenvalue weighted by molar-refractivity contribution is -0.108. The minimum absolute atomic E-state index is 0.0175. The molecule has 0 fully saturated rings. The number of anilines is 3. The van der Waals surface area contributed by atoms with Gasteiger partial charge in [-0.1, -0.05) is 6.07 Å². The van der Waals surface area contributed by atoms with E-state index in [0.717, 1.165) is 17.2 Å². The number of hydrogen-bond acceptors (Lipinski definition) is 8. The Kier molecular flexibility index (Phi) is 5.23. The van der Waals surface area contributed by atoms with E-state index in [1.807, 2.05) is 30.3 Å². The zero-order valence-corrected chi connectivity index (χ0v) is 14.7. The number of nitrogens with two attached hydrogens (primary N) is 2. The highest BCUT2D eigenvalue weighted by Gasteiger charge is 2.18. The van der Waals surface area contributed by atoms with Gasteiger partial charge in [-0.15, -0.1) is 0 Å². The van der Waals surface area contributed by atoms with E-state index in [1.165, 1.54) is 11.2 Å². The van der Waals surface area contributed by atoms with Crippen LogP contribution in [0.3, 0.4) is 0 Å². The predicted molar refractivity (Wildman–Crippen MR) is 102 cm³/mol. The van der Waals surface area contributed by atoms with E-state index < -0.39 is 5.91 Å². The van der Waals surface area contributed by atoms with Crippen molar-refractivity contribution >= 4 is 40.4 Å². The second-order valence-corrected chi connectivity index (χ2v) is 5.95. The maximum atomic E-state index is 11.8. The molecule has 0 aliphatic carbocycles. The molecule has 2 aromatic heterocycles. The summed E-state index contributed by atoms with van der Waals surface area (Å²) in [5.74, 6) is 5.77. The molecule has 0 saturated heterocycles. The van der Waals surface area contributed by atoms with Gasteiger partial charge in [0.05, 0.1) is 17.8 Å². The third-order valence-electron chi connectivity index (χ3n) is 4.07. The van der Waals surface area contributed by atoms with Crippen molar-refractivity contribution in [3.8, 4) is 0 Å². The maximum Gasteiger partial charge on any atom is 0.271 e. The molecule has 9 heteroatoms. The normalized spacial score (nSPS) is 11.8. The summed E-state index contributed by atoms with van der Waals surface area (Å²) < 4.78 is 0. The summed E-state index contributed by atoms with van der Waals surface area (Å²) in [6.07, 6.45) is 4.05. The van der Waals surface area contributed by atoms with Gasteiger partial charge in [-0.3, -0.25) is 14.8 Å². The summed E-state index contributed by atoms with van der Waals surface area (Å²) in [5.41, 5.74) is 6.89. The van der Waals surface area contributed by atoms with Gasteiger partial charge in [0.1, 0.15) is 6.29 Å². The fourth-order valence-electron chi connectivity index (χ4n) is 2.59. The molecule has 0 saturated carbocycles. The summed E-state index contributed by atoms with van der Waals surface area (Å²) >= 11 is 0. The Morgan fingerprint density at radius 3 is 2.85 bits per heavy atom. The summed E-state index contributed by atoms with van der Waals surface area (Å²) in [4.78, 5) is 35.3. The number of carbonyl (C=O) groups is 2. The molecule has 1 atom stereocenters. The van der Waals surface area contributed by atoms with Crippen LogP contribution in [-0.4, -0.2) is 33.2 Å². The van der Waals surface area contributed by atoms with Crippen molar-refractivity contribution < 1.29 is 9.59 Å². The van der Waals surface area contributed by atoms with E-state index in [-0.39, 0.29) is 24.0 Å². The van der Waals surface area contributed by atoms with Crippen LogP contribution in [0, 0.1) is 0 Å². The summed E-state index contributed by atoms with van der Waals surface area (Å²) in [6, 6.07) is 8.96. The van der Waals surface area contributed by atoms with E-state index in [4.69, 9.17) is 11.6 Å². The summed E-state index contributed by atoms with van der Waals surface area (Å²) in [7, 11) is 0. The minimum Gasteiger partial charge on any atom is -0.364 e. The molecule has 138 valence electrons. The lowest BCUT2D eigenvalue weighted by atomic mass is 10.2. The van der Waals surface area contributed by atoms with Crippen molar-refractivity contribution in [1.29, 1.82) is 0 Å². The molecule has 0 bridgehead atoms. The van der Waals surface area contributed by atoms with Crippen LogP contribution >= 0.6 is 0 Å². The van der Waals surface area contributed by atoms with Crippen LogP contribution in [0.4, 0.5) is 17.3 Å². The van der Waals surface area contributed by atoms with Gasteiger partial charge in [0, 0.05) is 23.7 Å². The molecule has 3 rings (SSSR count). The standard InChI is InChI=1S/C18H19N7O2/c1-11(7-9-26)25(20)15-10-22-16(17(19)27)18(24-15)23-14-6-2-5-13-12(14)4-3-8-21-13/h2-6,8-11H,7,20H2,1H3,(H2,19,27)(H,23,24). The fourth-order valence-corrected chi connectivity index (χ4v) is 2.59. The number of amides is 1. The largest absolute Gasteiger partial charge is 0.364 e. The van der Waals surface area contributed by atoms with Gasteiger partial charge in [-0.25, -0.2) is 15.8 Å². The number of carbonyl (C=O) groups excluding carboxylic acids is 2. The monoisotopic (exact) mass is 365 g/mol. The SMILES string of the molecule is CC(CC=O)N(N)c1cnc(C(N)=O)c(Nc2cccc3ncccc23)n1. The molecule has 1 unspecified atom stereocenters. The molecule has 1 aromatic carbocycles. The van der Waals surface area contributed by atoms with Gasteiger partial charge in [0.25, 0.3) is 5.91 Å². The Balaban J connectivity index is 2.03. The lowest BCUT2D eigenvalue weighted by Crippen LogP contribution is -2.40. The zero-order chi connectivity index (χ0) is 19.4. The fraction of sp³-hybridized carbons (Fsp3) is 0.167. The number of benzene rings is 1. The molecule has 3 aromatic rings. The number of primary amides is 1. The van der Waals surface area contributed by atoms with Gasteiger partial charge < -0.3 is 15.8 Å². The lowest BCUT2D eigenvalue weighted by Gasteiger charge is -2.24. The number of aldehydes is 1. The Morgan fingerprint density at radius 2 is 2.11 bits per heavy atom. The molecule has 5 N–H and O–H groups in total. The van der Waals surface area contributed by atoms with E-state index >= 15 is 0 Å². The number of rotatable bonds is 7. The zero-order valence-electron chi connectivity index (χ0n) is 14.7. The van der Waals surface area contributed by atoms with Gasteiger partial charge in [-0.2, -0.15) is 0 Å². The number of nitrogens with one attached hydrogen (secondary N) is 1. The first-order valence-electron chi connectivity index (χ1n) is 8.26. The van der Waals surface area contributed by atoms with Crippen LogP contribution in [0.2, 0.25) is 0 Å². The first-order valence-corrected chi connectivity index (χ1v) is 8.26. The molecule has 9 nitrogen and oxygen atoms in total. The summed E-state index contributed by atoms with van der Waals surface area (Å²) in [5, 5.41) is 5.27. The van der Waals surface area contributed by atoms with Crippen LogP contribution in [-0.2, 0) is 4.79 Å². The minimum atomic E-state index is -0.723. The van der Waals surface area contributed by atoms with Crippen LogP contribution in [0.15, 0.2) is 42.7 Å². The molecule has 0 spiro atoms. The Labute approximate surface area is 155 Å². The number of fused-ring (bicyclic) bond motifs is 1. The number of hydrazine groups is 1. The topological polar surface area (TPSA) is 140 Å². The number of hydrogen-bond donors (Lipinski definition) is 3.